The average Bonchev–Trinajstić information content (AvgIpc) is 2.94. The van der Waals surface area contributed by atoms with E-state index in [4.69, 9.17) is 14.4 Å². The zero-order valence-electron chi connectivity index (χ0n) is 47.6. The van der Waals surface area contributed by atoms with Gasteiger partial charge in [0.05, 0.1) is 30.5 Å². The van der Waals surface area contributed by atoms with E-state index < -0.39 is 0 Å². The third kappa shape index (κ3) is 68.1. The highest BCUT2D eigenvalue weighted by Gasteiger charge is 2.21. The first kappa shape index (κ1) is 71.4. The lowest BCUT2D eigenvalue weighted by molar-refractivity contribution is -0.146. The molecule has 0 bridgehead atoms. The zero-order valence-corrected chi connectivity index (χ0v) is 47.6. The number of carbonyl (C=O) groups excluding carboxylic acids is 2. The first-order valence-electron chi connectivity index (χ1n) is 23.8. The van der Waals surface area contributed by atoms with E-state index in [9.17, 15) is 9.59 Å². The van der Waals surface area contributed by atoms with E-state index in [2.05, 4.69) is 171 Å². The minimum Gasteiger partial charge on any atom is -0.384 e. The molecule has 1 heterocycles. The van der Waals surface area contributed by atoms with Crippen molar-refractivity contribution in [3.8, 4) is 0 Å². The van der Waals surface area contributed by atoms with Gasteiger partial charge in [0.15, 0.2) is 0 Å². The highest BCUT2D eigenvalue weighted by molar-refractivity contribution is 5.76. The van der Waals surface area contributed by atoms with E-state index >= 15 is 0 Å². The number of hydrogen-bond acceptors (Lipinski definition) is 8. The van der Waals surface area contributed by atoms with E-state index in [1.807, 2.05) is 62.3 Å². The van der Waals surface area contributed by atoms with Crippen molar-refractivity contribution < 1.29 is 24.0 Å². The Kier molecular flexibility index (Phi) is 33.0. The Labute approximate surface area is 406 Å². The van der Waals surface area contributed by atoms with Gasteiger partial charge in [-0.05, 0) is 142 Å². The molecule has 0 unspecified atom stereocenters. The minimum atomic E-state index is -0.322. The number of amides is 2. The third-order valence-corrected chi connectivity index (χ3v) is 7.52. The maximum Gasteiger partial charge on any atom is 0.243 e. The van der Waals surface area contributed by atoms with Gasteiger partial charge >= 0.3 is 0 Å². The van der Waals surface area contributed by atoms with Gasteiger partial charge in [0.25, 0.3) is 0 Å². The molecule has 1 rings (SSSR count). The topological polar surface area (TPSA) is 122 Å². The summed E-state index contributed by atoms with van der Waals surface area (Å²) in [5, 5.41) is 9.69. The van der Waals surface area contributed by atoms with Gasteiger partial charge in [0, 0.05) is 41.0 Å². The lowest BCUT2D eigenvalue weighted by Gasteiger charge is -2.30. The molecule has 0 spiro atoms. The van der Waals surface area contributed by atoms with E-state index in [-0.39, 0.29) is 57.8 Å². The van der Waals surface area contributed by atoms with E-state index in [0.29, 0.717) is 29.7 Å². The summed E-state index contributed by atoms with van der Waals surface area (Å²) in [5.74, 6) is 0.109. The van der Waals surface area contributed by atoms with Crippen molar-refractivity contribution >= 4 is 11.8 Å². The van der Waals surface area contributed by atoms with Crippen LogP contribution in [0.2, 0.25) is 0 Å². The molecule has 10 heteroatoms. The van der Waals surface area contributed by atoms with Gasteiger partial charge in [-0.3, -0.25) is 24.7 Å². The second-order valence-corrected chi connectivity index (χ2v) is 27.8. The molecule has 0 radical (unpaired) electrons. The maximum atomic E-state index is 11.4. The predicted octanol–water partition coefficient (Wildman–Crippen LogP) is 14.5. The Morgan fingerprint density at radius 3 is 1.08 bits per heavy atom. The number of allylic oxidation sites excluding steroid dienone is 3. The summed E-state index contributed by atoms with van der Waals surface area (Å²) in [6.45, 7) is 70.4. The molecular formula is C55H115N5O5. The summed E-state index contributed by atoms with van der Waals surface area (Å²) in [6, 6.07) is 0.514. The first-order valence-corrected chi connectivity index (χ1v) is 23.8. The summed E-state index contributed by atoms with van der Waals surface area (Å²) >= 11 is 0. The predicted molar refractivity (Wildman–Crippen MR) is 285 cm³/mol. The Bertz CT molecular complexity index is 1250. The van der Waals surface area contributed by atoms with Crippen LogP contribution in [0, 0.1) is 27.1 Å². The molecule has 1 fully saturated rings. The molecule has 2 amide bonds. The molecule has 1 saturated heterocycles. The molecule has 1 aliphatic heterocycles. The fourth-order valence-electron chi connectivity index (χ4n) is 5.13. The van der Waals surface area contributed by atoms with Crippen LogP contribution in [0.4, 0.5) is 0 Å². The summed E-state index contributed by atoms with van der Waals surface area (Å²) in [6.07, 6.45) is 5.93. The lowest BCUT2D eigenvalue weighted by Crippen LogP contribution is -2.45. The zero-order chi connectivity index (χ0) is 52.0. The highest BCUT2D eigenvalue weighted by Crippen LogP contribution is 2.25. The SMILES string of the molecule is C.C=C(CC(C)(C)C)NC(C)(C)C.C=C(CC(C)(C)C)NC1COC1.C=C(CC(C)(C)C)NOC(C)(C)C.CC(C)(C)CCC(=O)NC(C)(C)C.CC(C)(C)CCC(=O)NOC(C)(C)C. The number of rotatable bonds is 13. The number of hydrogen-bond donors (Lipinski definition) is 5. The number of carbonyl (C=O) groups is 2. The summed E-state index contributed by atoms with van der Waals surface area (Å²) in [7, 11) is 0. The van der Waals surface area contributed by atoms with Crippen molar-refractivity contribution in [3.63, 3.8) is 0 Å². The molecule has 0 aromatic rings. The van der Waals surface area contributed by atoms with Gasteiger partial charge in [-0.2, -0.15) is 0 Å². The van der Waals surface area contributed by atoms with Crippen LogP contribution in [-0.2, 0) is 24.0 Å². The molecule has 0 aliphatic carbocycles. The van der Waals surface area contributed by atoms with Crippen molar-refractivity contribution in [3.05, 3.63) is 36.8 Å². The first-order chi connectivity index (χ1) is 27.9. The van der Waals surface area contributed by atoms with Crippen molar-refractivity contribution in [1.82, 2.24) is 26.9 Å². The van der Waals surface area contributed by atoms with Crippen LogP contribution in [0.25, 0.3) is 0 Å². The van der Waals surface area contributed by atoms with E-state index in [1.165, 1.54) is 0 Å². The number of ether oxygens (including phenoxy) is 1. The largest absolute Gasteiger partial charge is 0.384 e. The molecule has 1 aliphatic rings. The van der Waals surface area contributed by atoms with Crippen LogP contribution in [0.5, 0.6) is 0 Å². The normalized spacial score (nSPS) is 13.6. The molecule has 5 N–H and O–H groups in total. The summed E-state index contributed by atoms with van der Waals surface area (Å²) < 4.78 is 5.06. The monoisotopic (exact) mass is 926 g/mol. The van der Waals surface area contributed by atoms with Crippen molar-refractivity contribution in [1.29, 1.82) is 0 Å². The molecule has 0 saturated carbocycles. The van der Waals surface area contributed by atoms with Crippen LogP contribution in [0.1, 0.15) is 239 Å². The van der Waals surface area contributed by atoms with Gasteiger partial charge in [0.1, 0.15) is 0 Å². The van der Waals surface area contributed by atoms with Gasteiger partial charge < -0.3 is 20.7 Å². The number of nitrogens with one attached hydrogen (secondary N) is 5. The summed E-state index contributed by atoms with van der Waals surface area (Å²) in [4.78, 5) is 33.2. The van der Waals surface area contributed by atoms with Crippen LogP contribution in [0.15, 0.2) is 36.8 Å². The molecule has 390 valence electrons. The fourth-order valence-corrected chi connectivity index (χ4v) is 5.13. The molecule has 0 aromatic carbocycles. The van der Waals surface area contributed by atoms with Crippen LogP contribution in [-0.4, -0.2) is 53.3 Å². The molecule has 10 nitrogen and oxygen atoms in total. The van der Waals surface area contributed by atoms with Crippen LogP contribution >= 0.6 is 0 Å². The van der Waals surface area contributed by atoms with Gasteiger partial charge in [-0.15, -0.1) is 0 Å². The van der Waals surface area contributed by atoms with Gasteiger partial charge in [-0.1, -0.05) is 131 Å². The highest BCUT2D eigenvalue weighted by atomic mass is 16.7. The standard InChI is InChI=1S/C11H23NO2.2C11H23NO.C11H23N.C10H19NO.CH4/c1-10(2,3)8-7-9(13)12-14-11(4,5)6;1-9(8-10(2,3)4)12-13-11(5,6)7;1-10(2,3)8-7-9(13)12-11(4,5)6;1-9(8-10(2,3)4)12-11(5,6)7;1-8(5-10(2,3)4)11-9-6-12-7-9;/h7-8H2,1-6H3,(H,12,13);12H,1,8H2,2-7H3;7-8H2,1-6H3,(H,12,13);12H,1,8H2,2-7H3;9,11H,1,5-7H2,2-4H3;1H4. The third-order valence-electron chi connectivity index (χ3n) is 7.52. The molecular weight excluding hydrogens is 811 g/mol. The average molecular weight is 927 g/mol. The Hall–Kier alpha value is -2.56. The van der Waals surface area contributed by atoms with Gasteiger partial charge in [0.2, 0.25) is 11.8 Å². The lowest BCUT2D eigenvalue weighted by atomic mass is 9.90. The van der Waals surface area contributed by atoms with Crippen molar-refractivity contribution in [2.24, 2.45) is 27.1 Å². The van der Waals surface area contributed by atoms with Crippen LogP contribution in [0.3, 0.4) is 0 Å². The minimum absolute atomic E-state index is 0. The second kappa shape index (κ2) is 30.0. The van der Waals surface area contributed by atoms with E-state index in [0.717, 1.165) is 62.4 Å². The van der Waals surface area contributed by atoms with Crippen molar-refractivity contribution in [2.45, 2.75) is 268 Å². The molecule has 0 aromatic heterocycles. The Morgan fingerprint density at radius 2 is 0.785 bits per heavy atom. The molecule has 65 heavy (non-hydrogen) atoms. The fraction of sp³-hybridized carbons (Fsp3) is 0.855. The Balaban J connectivity index is -0.000000230. The quantitative estimate of drug-likeness (QED) is 0.116. The van der Waals surface area contributed by atoms with Crippen LogP contribution < -0.4 is 26.9 Å². The number of hydroxylamine groups is 2. The Morgan fingerprint density at radius 1 is 0.462 bits per heavy atom. The van der Waals surface area contributed by atoms with Crippen molar-refractivity contribution in [2.75, 3.05) is 13.2 Å². The second-order valence-electron chi connectivity index (χ2n) is 27.8. The summed E-state index contributed by atoms with van der Waals surface area (Å²) in [5.41, 5.74) is 9.44. The maximum absolute atomic E-state index is 11.4. The smallest absolute Gasteiger partial charge is 0.243 e. The molecule has 0 atom stereocenters. The van der Waals surface area contributed by atoms with E-state index in [1.54, 1.807) is 0 Å². The van der Waals surface area contributed by atoms with Gasteiger partial charge in [-0.25, -0.2) is 5.48 Å².